The zero-order chi connectivity index (χ0) is 22.0. The summed E-state index contributed by atoms with van der Waals surface area (Å²) in [5.41, 5.74) is 0.935. The number of carbonyl (C=O) groups is 1. The minimum atomic E-state index is -4.17. The number of carboxylic acid groups (broad SMARTS) is 1. The first-order valence-electron chi connectivity index (χ1n) is 9.90. The first-order chi connectivity index (χ1) is 13.6. The number of aliphatic hydroxyl groups is 1. The smallest absolute Gasteiger partial charge is 0.366 e. The third-order valence-electron chi connectivity index (χ3n) is 4.88. The molecule has 164 valence electrons. The van der Waals surface area contributed by atoms with Gasteiger partial charge in [-0.25, -0.2) is 4.79 Å². The molecule has 1 rings (SSSR count). The topological polar surface area (TPSA) is 113 Å². The van der Waals surface area contributed by atoms with E-state index in [0.29, 0.717) is 11.7 Å². The van der Waals surface area contributed by atoms with Crippen molar-refractivity contribution in [1.82, 2.24) is 0 Å². The maximum absolute atomic E-state index is 11.8. The number of carboxylic acids is 1. The zero-order valence-electron chi connectivity index (χ0n) is 17.5. The average Bonchev–Trinajstić information content (AvgIpc) is 2.67. The van der Waals surface area contributed by atoms with Crippen LogP contribution in [0.1, 0.15) is 52.5 Å². The summed E-state index contributed by atoms with van der Waals surface area (Å²) < 4.78 is 21.7. The molecule has 0 aromatic heterocycles. The van der Waals surface area contributed by atoms with Gasteiger partial charge in [0.25, 0.3) is 0 Å². The van der Waals surface area contributed by atoms with E-state index in [1.54, 1.807) is 24.3 Å². The van der Waals surface area contributed by atoms with Crippen molar-refractivity contribution < 1.29 is 33.7 Å². The van der Waals surface area contributed by atoms with Crippen molar-refractivity contribution >= 4 is 19.6 Å². The standard InChI is InChI=1S/C21H33O7P/c1-5-18(6-2)20(22)15(3)8-7-9-17-10-12-19(13-11-17)27-14-29(25,26)28-16(4)21(23)24/h7,9-13,15-16,18,20,22H,5-6,8,14H2,1-4H3,(H,23,24)(H,25,26)/b9-7+/t15-,16+,20-/m1/s1. The van der Waals surface area contributed by atoms with Gasteiger partial charge < -0.3 is 19.8 Å². The minimum absolute atomic E-state index is 0.172. The lowest BCUT2D eigenvalue weighted by Crippen LogP contribution is -2.26. The Morgan fingerprint density at radius 1 is 1.17 bits per heavy atom. The summed E-state index contributed by atoms with van der Waals surface area (Å²) in [7, 11) is -4.17. The van der Waals surface area contributed by atoms with E-state index in [1.807, 2.05) is 19.1 Å². The summed E-state index contributed by atoms with van der Waals surface area (Å²) >= 11 is 0. The number of hydrogen-bond acceptors (Lipinski definition) is 5. The number of ether oxygens (including phenoxy) is 1. The van der Waals surface area contributed by atoms with E-state index in [0.717, 1.165) is 24.8 Å². The van der Waals surface area contributed by atoms with Gasteiger partial charge in [-0.05, 0) is 42.9 Å². The third kappa shape index (κ3) is 9.13. The fraction of sp³-hybridized carbons (Fsp3) is 0.571. The molecule has 1 aromatic carbocycles. The second-order valence-electron chi connectivity index (χ2n) is 7.25. The van der Waals surface area contributed by atoms with E-state index in [-0.39, 0.29) is 12.0 Å². The lowest BCUT2D eigenvalue weighted by atomic mass is 9.86. The van der Waals surface area contributed by atoms with Gasteiger partial charge in [0.15, 0.2) is 12.5 Å². The molecule has 0 saturated carbocycles. The monoisotopic (exact) mass is 428 g/mol. The molecule has 0 bridgehead atoms. The normalized spacial score (nSPS) is 17.1. The van der Waals surface area contributed by atoms with Gasteiger partial charge in [-0.1, -0.05) is 57.9 Å². The van der Waals surface area contributed by atoms with Crippen molar-refractivity contribution in [2.24, 2.45) is 11.8 Å². The van der Waals surface area contributed by atoms with E-state index >= 15 is 0 Å². The Morgan fingerprint density at radius 3 is 2.28 bits per heavy atom. The summed E-state index contributed by atoms with van der Waals surface area (Å²) in [6.07, 6.45) is 4.33. The van der Waals surface area contributed by atoms with Gasteiger partial charge in [0.05, 0.1) is 6.10 Å². The molecule has 0 aliphatic carbocycles. The predicted molar refractivity (Wildman–Crippen MR) is 113 cm³/mol. The van der Waals surface area contributed by atoms with Gasteiger partial charge in [0.2, 0.25) is 0 Å². The highest BCUT2D eigenvalue weighted by Gasteiger charge is 2.27. The molecule has 0 heterocycles. The average molecular weight is 428 g/mol. The number of benzene rings is 1. The van der Waals surface area contributed by atoms with Crippen molar-refractivity contribution in [3.8, 4) is 5.75 Å². The summed E-state index contributed by atoms with van der Waals surface area (Å²) in [4.78, 5) is 20.4. The lowest BCUT2D eigenvalue weighted by molar-refractivity contribution is -0.144. The van der Waals surface area contributed by atoms with Gasteiger partial charge in [0, 0.05) is 0 Å². The van der Waals surface area contributed by atoms with Gasteiger partial charge in [0.1, 0.15) is 5.75 Å². The summed E-state index contributed by atoms with van der Waals surface area (Å²) in [5, 5.41) is 19.1. The maximum Gasteiger partial charge on any atom is 0.366 e. The predicted octanol–water partition coefficient (Wildman–Crippen LogP) is 4.53. The SMILES string of the molecule is CCC(CC)[C@H](O)[C@H](C)C/C=C/c1ccc(OCP(=O)(O)O[C@@H](C)C(=O)O)cc1. The first-order valence-corrected chi connectivity index (χ1v) is 11.7. The van der Waals surface area contributed by atoms with Crippen LogP contribution in [0.25, 0.3) is 6.08 Å². The van der Waals surface area contributed by atoms with E-state index in [4.69, 9.17) is 9.84 Å². The molecule has 29 heavy (non-hydrogen) atoms. The molecule has 3 N–H and O–H groups in total. The van der Waals surface area contributed by atoms with Crippen LogP contribution in [-0.4, -0.2) is 39.6 Å². The number of rotatable bonds is 13. The van der Waals surface area contributed by atoms with Crippen molar-refractivity contribution in [3.05, 3.63) is 35.9 Å². The Hall–Kier alpha value is -1.66. The number of allylic oxidation sites excluding steroid dienone is 1. The lowest BCUT2D eigenvalue weighted by Gasteiger charge is -2.25. The zero-order valence-corrected chi connectivity index (χ0v) is 18.4. The van der Waals surface area contributed by atoms with E-state index in [1.165, 1.54) is 6.92 Å². The second-order valence-corrected chi connectivity index (χ2v) is 8.99. The molecule has 4 atom stereocenters. The Kier molecular flexibility index (Phi) is 10.6. The van der Waals surface area contributed by atoms with Crippen LogP contribution in [0.2, 0.25) is 0 Å². The Labute approximate surface area is 172 Å². The Balaban J connectivity index is 2.54. The highest BCUT2D eigenvalue weighted by atomic mass is 31.2. The molecule has 7 nitrogen and oxygen atoms in total. The summed E-state index contributed by atoms with van der Waals surface area (Å²) in [5.74, 6) is -0.455. The van der Waals surface area contributed by atoms with Crippen LogP contribution in [0, 0.1) is 11.8 Å². The van der Waals surface area contributed by atoms with Crippen LogP contribution >= 0.6 is 7.60 Å². The fourth-order valence-corrected chi connectivity index (χ4v) is 3.91. The van der Waals surface area contributed by atoms with Crippen LogP contribution < -0.4 is 4.74 Å². The molecule has 0 amide bonds. The highest BCUT2D eigenvalue weighted by Crippen LogP contribution is 2.43. The van der Waals surface area contributed by atoms with Gasteiger partial charge in [-0.15, -0.1) is 0 Å². The van der Waals surface area contributed by atoms with E-state index < -0.39 is 26.0 Å². The largest absolute Gasteiger partial charge is 0.481 e. The van der Waals surface area contributed by atoms with Gasteiger partial charge in [-0.2, -0.15) is 0 Å². The molecule has 0 aliphatic heterocycles. The molecule has 0 fully saturated rings. The van der Waals surface area contributed by atoms with E-state index in [9.17, 15) is 19.4 Å². The minimum Gasteiger partial charge on any atom is -0.481 e. The maximum atomic E-state index is 11.8. The summed E-state index contributed by atoms with van der Waals surface area (Å²) in [6, 6.07) is 6.92. The molecule has 0 spiro atoms. The van der Waals surface area contributed by atoms with Crippen LogP contribution in [0.4, 0.5) is 0 Å². The third-order valence-corrected chi connectivity index (χ3v) is 5.98. The molecule has 0 radical (unpaired) electrons. The molecule has 8 heteroatoms. The molecular weight excluding hydrogens is 395 g/mol. The molecule has 0 aliphatic rings. The number of hydrogen-bond donors (Lipinski definition) is 3. The van der Waals surface area contributed by atoms with Crippen LogP contribution in [-0.2, 0) is 13.9 Å². The number of aliphatic hydroxyl groups excluding tert-OH is 1. The quantitative estimate of drug-likeness (QED) is 0.396. The van der Waals surface area contributed by atoms with Crippen LogP contribution in [0.3, 0.4) is 0 Å². The summed E-state index contributed by atoms with van der Waals surface area (Å²) in [6.45, 7) is 7.41. The molecule has 1 unspecified atom stereocenters. The van der Waals surface area contributed by atoms with E-state index in [2.05, 4.69) is 18.4 Å². The molecule has 1 aromatic rings. The van der Waals surface area contributed by atoms with Crippen molar-refractivity contribution in [1.29, 1.82) is 0 Å². The highest BCUT2D eigenvalue weighted by molar-refractivity contribution is 7.52. The van der Waals surface area contributed by atoms with Gasteiger partial charge >= 0.3 is 13.6 Å². The Bertz CT molecular complexity index is 697. The van der Waals surface area contributed by atoms with Gasteiger partial charge in [-0.3, -0.25) is 9.09 Å². The molecule has 0 saturated heterocycles. The first kappa shape index (κ1) is 25.4. The van der Waals surface area contributed by atoms with Crippen LogP contribution in [0.15, 0.2) is 30.3 Å². The van der Waals surface area contributed by atoms with Crippen molar-refractivity contribution in [2.45, 2.75) is 59.2 Å². The second kappa shape index (κ2) is 12.1. The Morgan fingerprint density at radius 2 is 1.76 bits per heavy atom. The van der Waals surface area contributed by atoms with Crippen molar-refractivity contribution in [3.63, 3.8) is 0 Å². The fourth-order valence-electron chi connectivity index (χ4n) is 2.95. The van der Waals surface area contributed by atoms with Crippen LogP contribution in [0.5, 0.6) is 5.75 Å². The number of aliphatic carboxylic acids is 1. The van der Waals surface area contributed by atoms with Crippen molar-refractivity contribution in [2.75, 3.05) is 6.35 Å². The molecular formula is C21H33O7P.